The second kappa shape index (κ2) is 5.58. The molecular weight excluding hydrogens is 146 g/mol. The van der Waals surface area contributed by atoms with E-state index in [0.29, 0.717) is 0 Å². The van der Waals surface area contributed by atoms with Crippen LogP contribution in [0.5, 0.6) is 0 Å². The number of rotatable bonds is 3. The maximum Gasteiger partial charge on any atom is 0.00951 e. The zero-order valence-electron chi connectivity index (χ0n) is 8.60. The van der Waals surface area contributed by atoms with E-state index < -0.39 is 0 Å². The number of hydrogen-bond donors (Lipinski definition) is 1. The molecule has 1 aliphatic rings. The molecule has 72 valence electrons. The fourth-order valence-corrected chi connectivity index (χ4v) is 2.32. The van der Waals surface area contributed by atoms with Gasteiger partial charge in [-0.3, -0.25) is 0 Å². The molecule has 1 N–H and O–H groups in total. The summed E-state index contributed by atoms with van der Waals surface area (Å²) in [6.07, 6.45) is 8.35. The fourth-order valence-electron chi connectivity index (χ4n) is 2.32. The Labute approximate surface area is 76.9 Å². The van der Waals surface area contributed by atoms with Crippen LogP contribution >= 0.6 is 0 Å². The van der Waals surface area contributed by atoms with Gasteiger partial charge in [-0.25, -0.2) is 0 Å². The molecule has 0 aromatic carbocycles. The van der Waals surface area contributed by atoms with Gasteiger partial charge in [0.1, 0.15) is 0 Å². The van der Waals surface area contributed by atoms with Crippen LogP contribution in [0.4, 0.5) is 0 Å². The molecule has 1 unspecified atom stereocenters. The van der Waals surface area contributed by atoms with E-state index >= 15 is 0 Å². The quantitative estimate of drug-likeness (QED) is 0.685. The summed E-state index contributed by atoms with van der Waals surface area (Å²) in [6, 6.07) is 0.822. The van der Waals surface area contributed by atoms with Crippen molar-refractivity contribution in [1.82, 2.24) is 5.32 Å². The second-order valence-corrected chi connectivity index (χ2v) is 3.99. The van der Waals surface area contributed by atoms with Gasteiger partial charge in [0.05, 0.1) is 0 Å². The summed E-state index contributed by atoms with van der Waals surface area (Å²) in [6.45, 7) is 5.89. The summed E-state index contributed by atoms with van der Waals surface area (Å²) in [4.78, 5) is 0. The monoisotopic (exact) mass is 169 g/mol. The van der Waals surface area contributed by atoms with Crippen molar-refractivity contribution in [2.75, 3.05) is 6.54 Å². The van der Waals surface area contributed by atoms with Crippen LogP contribution in [-0.4, -0.2) is 12.6 Å². The summed E-state index contributed by atoms with van der Waals surface area (Å²) in [7, 11) is 0. The molecule has 0 bridgehead atoms. The topological polar surface area (TPSA) is 12.0 Å². The molecule has 0 amide bonds. The number of hydrogen-bond acceptors (Lipinski definition) is 1. The van der Waals surface area contributed by atoms with Gasteiger partial charge in [-0.05, 0) is 25.3 Å². The van der Waals surface area contributed by atoms with E-state index in [1.54, 1.807) is 0 Å². The van der Waals surface area contributed by atoms with Crippen molar-refractivity contribution in [3.05, 3.63) is 0 Å². The van der Waals surface area contributed by atoms with Gasteiger partial charge < -0.3 is 5.32 Å². The first-order chi connectivity index (χ1) is 5.88. The molecule has 1 heteroatoms. The van der Waals surface area contributed by atoms with E-state index in [2.05, 4.69) is 19.2 Å². The highest BCUT2D eigenvalue weighted by Crippen LogP contribution is 2.20. The molecule has 0 aliphatic carbocycles. The Balaban J connectivity index is 2.35. The normalized spacial score (nSPS) is 25.8. The summed E-state index contributed by atoms with van der Waals surface area (Å²) in [5, 5.41) is 3.68. The van der Waals surface area contributed by atoms with Crippen molar-refractivity contribution < 1.29 is 0 Å². The molecule has 12 heavy (non-hydrogen) atoms. The zero-order valence-corrected chi connectivity index (χ0v) is 8.60. The second-order valence-electron chi connectivity index (χ2n) is 3.99. The Morgan fingerprint density at radius 3 is 2.58 bits per heavy atom. The molecule has 0 aromatic rings. The van der Waals surface area contributed by atoms with Crippen molar-refractivity contribution in [3.8, 4) is 0 Å². The lowest BCUT2D eigenvalue weighted by Gasteiger charge is -2.24. The van der Waals surface area contributed by atoms with Crippen LogP contribution in [0, 0.1) is 5.92 Å². The van der Waals surface area contributed by atoms with Gasteiger partial charge in [0.25, 0.3) is 0 Å². The molecular formula is C11H23N. The Morgan fingerprint density at radius 2 is 1.92 bits per heavy atom. The summed E-state index contributed by atoms with van der Waals surface area (Å²) < 4.78 is 0. The Hall–Kier alpha value is -0.0400. The summed E-state index contributed by atoms with van der Waals surface area (Å²) in [5.74, 6) is 0.920. The first kappa shape index (κ1) is 10.0. The minimum atomic E-state index is 0.822. The lowest BCUT2D eigenvalue weighted by atomic mass is 9.91. The highest BCUT2D eigenvalue weighted by atomic mass is 14.9. The lowest BCUT2D eigenvalue weighted by molar-refractivity contribution is 0.329. The van der Waals surface area contributed by atoms with Gasteiger partial charge in [-0.2, -0.15) is 0 Å². The molecule has 1 heterocycles. The van der Waals surface area contributed by atoms with Crippen LogP contribution in [0.15, 0.2) is 0 Å². The Kier molecular flexibility index (Phi) is 4.67. The maximum atomic E-state index is 3.68. The average Bonchev–Trinajstić information content (AvgIpc) is 2.35. The molecule has 0 aromatic heterocycles. The molecule has 1 nitrogen and oxygen atoms in total. The SMILES string of the molecule is CCC(CC)C1CCCCCN1. The molecule has 1 saturated heterocycles. The first-order valence-corrected chi connectivity index (χ1v) is 5.61. The standard InChI is InChI=1S/C11H23N/c1-3-10(4-2)11-8-6-5-7-9-12-11/h10-12H,3-9H2,1-2H3. The third kappa shape index (κ3) is 2.78. The van der Waals surface area contributed by atoms with Crippen LogP contribution in [0.3, 0.4) is 0 Å². The average molecular weight is 169 g/mol. The third-order valence-electron chi connectivity index (χ3n) is 3.22. The molecule has 0 saturated carbocycles. The first-order valence-electron chi connectivity index (χ1n) is 5.61. The highest BCUT2D eigenvalue weighted by molar-refractivity contribution is 4.76. The van der Waals surface area contributed by atoms with Crippen LogP contribution in [0.25, 0.3) is 0 Å². The largest absolute Gasteiger partial charge is 0.314 e. The number of nitrogens with one attached hydrogen (secondary N) is 1. The van der Waals surface area contributed by atoms with Crippen molar-refractivity contribution >= 4 is 0 Å². The predicted molar refractivity (Wildman–Crippen MR) is 54.3 cm³/mol. The van der Waals surface area contributed by atoms with Gasteiger partial charge in [0, 0.05) is 6.04 Å². The van der Waals surface area contributed by atoms with Gasteiger partial charge in [0.15, 0.2) is 0 Å². The van der Waals surface area contributed by atoms with Crippen LogP contribution in [0.1, 0.15) is 52.4 Å². The lowest BCUT2D eigenvalue weighted by Crippen LogP contribution is -2.34. The highest BCUT2D eigenvalue weighted by Gasteiger charge is 2.18. The summed E-state index contributed by atoms with van der Waals surface area (Å²) in [5.41, 5.74) is 0. The minimum Gasteiger partial charge on any atom is -0.314 e. The maximum absolute atomic E-state index is 3.68. The Bertz CT molecular complexity index is 99.6. The molecule has 1 aliphatic heterocycles. The molecule has 0 radical (unpaired) electrons. The van der Waals surface area contributed by atoms with Crippen LogP contribution in [-0.2, 0) is 0 Å². The van der Waals surface area contributed by atoms with Gasteiger partial charge in [-0.15, -0.1) is 0 Å². The van der Waals surface area contributed by atoms with Crippen molar-refractivity contribution in [2.24, 2.45) is 5.92 Å². The molecule has 1 atom stereocenters. The fraction of sp³-hybridized carbons (Fsp3) is 1.00. The van der Waals surface area contributed by atoms with Gasteiger partial charge in [-0.1, -0.05) is 39.5 Å². The third-order valence-corrected chi connectivity index (χ3v) is 3.22. The molecule has 1 fully saturated rings. The summed E-state index contributed by atoms with van der Waals surface area (Å²) >= 11 is 0. The van der Waals surface area contributed by atoms with E-state index in [0.717, 1.165) is 12.0 Å². The minimum absolute atomic E-state index is 0.822. The predicted octanol–water partition coefficient (Wildman–Crippen LogP) is 2.95. The molecule has 1 rings (SSSR count). The van der Waals surface area contributed by atoms with E-state index in [-0.39, 0.29) is 0 Å². The van der Waals surface area contributed by atoms with Crippen molar-refractivity contribution in [3.63, 3.8) is 0 Å². The van der Waals surface area contributed by atoms with E-state index in [1.165, 1.54) is 45.1 Å². The van der Waals surface area contributed by atoms with Crippen molar-refractivity contribution in [2.45, 2.75) is 58.4 Å². The van der Waals surface area contributed by atoms with Gasteiger partial charge >= 0.3 is 0 Å². The van der Waals surface area contributed by atoms with E-state index in [9.17, 15) is 0 Å². The zero-order chi connectivity index (χ0) is 8.81. The Morgan fingerprint density at radius 1 is 1.17 bits per heavy atom. The van der Waals surface area contributed by atoms with E-state index in [4.69, 9.17) is 0 Å². The van der Waals surface area contributed by atoms with Crippen LogP contribution < -0.4 is 5.32 Å². The smallest absolute Gasteiger partial charge is 0.00951 e. The van der Waals surface area contributed by atoms with Crippen molar-refractivity contribution in [1.29, 1.82) is 0 Å². The van der Waals surface area contributed by atoms with Gasteiger partial charge in [0.2, 0.25) is 0 Å². The molecule has 0 spiro atoms. The van der Waals surface area contributed by atoms with Crippen LogP contribution in [0.2, 0.25) is 0 Å². The van der Waals surface area contributed by atoms with E-state index in [1.807, 2.05) is 0 Å².